The van der Waals surface area contributed by atoms with Crippen LogP contribution in [0.4, 0.5) is 0 Å². The number of phosphoric acid groups is 2. The first-order chi connectivity index (χ1) is 52.7. The summed E-state index contributed by atoms with van der Waals surface area (Å²) in [5.74, 6) is -2.41. The van der Waals surface area contributed by atoms with Crippen LogP contribution in [0.3, 0.4) is 0 Å². The fourth-order valence-corrected chi connectivity index (χ4v) is 12.0. The highest BCUT2D eigenvalue weighted by atomic mass is 31.2. The zero-order valence-electron chi connectivity index (χ0n) is 67.2. The largest absolute Gasteiger partial charge is 0.472 e. The zero-order chi connectivity index (χ0) is 78.9. The Labute approximate surface area is 654 Å². The van der Waals surface area contributed by atoms with E-state index in [2.05, 4.69) is 155 Å². The molecule has 0 aliphatic heterocycles. The third-order valence-corrected chi connectivity index (χ3v) is 18.6. The molecule has 0 spiro atoms. The van der Waals surface area contributed by atoms with E-state index in [0.29, 0.717) is 44.9 Å². The molecule has 2 unspecified atom stereocenters. The molecule has 108 heavy (non-hydrogen) atoms. The fraction of sp³-hybridized carbons (Fsp3) is 0.640. The summed E-state index contributed by atoms with van der Waals surface area (Å²) in [6.07, 6.45) is 95.0. The van der Waals surface area contributed by atoms with Gasteiger partial charge in [-0.05, 0) is 141 Å². The number of unbranched alkanes of at least 4 members (excludes halogenated alkanes) is 22. The maximum atomic E-state index is 13.1. The summed E-state index contributed by atoms with van der Waals surface area (Å²) in [4.78, 5) is 73.1. The molecule has 0 saturated heterocycles. The number of carbonyl (C=O) groups is 4. The molecule has 614 valence electrons. The molecule has 3 N–H and O–H groups in total. The average molecular weight is 1550 g/mol. The van der Waals surface area contributed by atoms with Crippen molar-refractivity contribution in [2.45, 2.75) is 329 Å². The van der Waals surface area contributed by atoms with Crippen molar-refractivity contribution in [3.8, 4) is 0 Å². The maximum Gasteiger partial charge on any atom is 0.472 e. The fourth-order valence-electron chi connectivity index (χ4n) is 10.4. The van der Waals surface area contributed by atoms with Crippen molar-refractivity contribution in [2.75, 3.05) is 39.6 Å². The Hall–Kier alpha value is -5.58. The Morgan fingerprint density at radius 3 is 0.833 bits per heavy atom. The lowest BCUT2D eigenvalue weighted by molar-refractivity contribution is -0.161. The number of hydrogen-bond donors (Lipinski definition) is 3. The van der Waals surface area contributed by atoms with E-state index in [-0.39, 0.29) is 25.7 Å². The number of allylic oxidation sites excluding steroid dienone is 28. The summed E-state index contributed by atoms with van der Waals surface area (Å²) < 4.78 is 68.5. The van der Waals surface area contributed by atoms with Gasteiger partial charge >= 0.3 is 39.5 Å². The molecule has 0 rings (SSSR count). The average Bonchev–Trinajstić information content (AvgIpc) is 0.907. The van der Waals surface area contributed by atoms with E-state index in [1.807, 2.05) is 42.5 Å². The van der Waals surface area contributed by atoms with Crippen molar-refractivity contribution in [1.82, 2.24) is 0 Å². The summed E-state index contributed by atoms with van der Waals surface area (Å²) >= 11 is 0. The molecule has 0 aromatic heterocycles. The molecule has 0 heterocycles. The summed E-state index contributed by atoms with van der Waals surface area (Å²) in [5.41, 5.74) is 0. The minimum absolute atomic E-state index is 0.0000481. The lowest BCUT2D eigenvalue weighted by Crippen LogP contribution is -2.30. The van der Waals surface area contributed by atoms with Crippen LogP contribution in [-0.4, -0.2) is 96.7 Å². The van der Waals surface area contributed by atoms with Crippen LogP contribution in [0, 0.1) is 0 Å². The third-order valence-electron chi connectivity index (χ3n) is 16.7. The summed E-state index contributed by atoms with van der Waals surface area (Å²) in [6, 6.07) is 0. The quantitative estimate of drug-likeness (QED) is 0.0169. The van der Waals surface area contributed by atoms with E-state index < -0.39 is 97.5 Å². The third kappa shape index (κ3) is 78.5. The van der Waals surface area contributed by atoms with Crippen LogP contribution < -0.4 is 0 Å². The number of carbonyl (C=O) groups excluding carboxylic acids is 4. The van der Waals surface area contributed by atoms with Crippen molar-refractivity contribution < 1.29 is 80.2 Å². The van der Waals surface area contributed by atoms with Crippen LogP contribution in [0.5, 0.6) is 0 Å². The van der Waals surface area contributed by atoms with Gasteiger partial charge in [0.2, 0.25) is 0 Å². The lowest BCUT2D eigenvalue weighted by Gasteiger charge is -2.21. The van der Waals surface area contributed by atoms with Crippen LogP contribution in [0.15, 0.2) is 170 Å². The van der Waals surface area contributed by atoms with Gasteiger partial charge in [0.15, 0.2) is 12.2 Å². The number of esters is 4. The second-order valence-corrected chi connectivity index (χ2v) is 29.9. The molecule has 5 atom stereocenters. The molecule has 0 aliphatic rings. The van der Waals surface area contributed by atoms with Gasteiger partial charge in [-0.2, -0.15) is 0 Å². The number of ether oxygens (including phenoxy) is 4. The number of rotatable bonds is 76. The Morgan fingerprint density at radius 2 is 0.509 bits per heavy atom. The van der Waals surface area contributed by atoms with Crippen molar-refractivity contribution >= 4 is 39.5 Å². The van der Waals surface area contributed by atoms with Crippen molar-refractivity contribution in [3.63, 3.8) is 0 Å². The van der Waals surface area contributed by atoms with E-state index >= 15 is 0 Å². The molecule has 19 heteroatoms. The van der Waals surface area contributed by atoms with Crippen LogP contribution in [0.1, 0.15) is 310 Å². The highest BCUT2D eigenvalue weighted by Gasteiger charge is 2.30. The Morgan fingerprint density at radius 1 is 0.269 bits per heavy atom. The molecule has 0 fully saturated rings. The second-order valence-electron chi connectivity index (χ2n) is 27.0. The molecule has 0 amide bonds. The van der Waals surface area contributed by atoms with E-state index in [1.165, 1.54) is 103 Å². The van der Waals surface area contributed by atoms with Gasteiger partial charge in [0.1, 0.15) is 19.3 Å². The van der Waals surface area contributed by atoms with Crippen LogP contribution in [-0.2, 0) is 65.4 Å². The Kier molecular flexibility index (Phi) is 75.4. The standard InChI is InChI=1S/C89H146O17P2/c1-5-9-13-17-21-25-29-33-37-40-41-44-48-52-56-60-64-68-72-76-89(94)106-84(79-99-86(91)73-69-65-61-57-53-49-45-36-32-28-24-20-16-12-8-4)81-103-107(95,96)101-77-83(90)78-102-108(97,98)104-82-85(105-88(93)75-71-67-63-59-55-51-47-43-39-35-31-27-23-19-15-11-7-3)80-100-87(92)74-70-66-62-58-54-50-46-42-38-34-30-26-22-18-14-10-6-2/h9,13,21-23,25-27,33-35,37-39,41,44,46-47,50-52,56,58-59,62-64,68,83-85,90H,5-8,10-12,14-20,24,28-32,36,40,42-43,45,48-49,53-55,57,60-61,65-67,69-82H2,1-4H3,(H,95,96)(H,97,98)/b13-9-,25-21-,26-22-,27-23-,37-33-,38-34-,39-35-,44-41-,50-46-,51-47-,56-52-,62-58-,63-59-,68-64-/t83-,84+,85+/m0/s1. The maximum absolute atomic E-state index is 13.1. The molecule has 0 aromatic carbocycles. The SMILES string of the molecule is CC/C=C\C/C=C\C/C=C\C/C=C\C/C=C\C/C=C\CCC(=O)O[C@H](COC(=O)CCCCCCCCCCCCCCCCC)COP(=O)(O)OC[C@H](O)COP(=O)(O)OC[C@@H](COC(=O)CCC/C=C\C/C=C\C/C=C\C/C=C\CCCCC)OC(=O)CCC/C=C\C/C=C\C/C=C\C/C=C\CCCCC. The van der Waals surface area contributed by atoms with E-state index in [9.17, 15) is 43.2 Å². The highest BCUT2D eigenvalue weighted by molar-refractivity contribution is 7.47. The predicted molar refractivity (Wildman–Crippen MR) is 445 cm³/mol. The number of aliphatic hydroxyl groups is 1. The van der Waals surface area contributed by atoms with Crippen LogP contribution in [0.25, 0.3) is 0 Å². The minimum Gasteiger partial charge on any atom is -0.462 e. The number of aliphatic hydroxyl groups excluding tert-OH is 1. The lowest BCUT2D eigenvalue weighted by atomic mass is 10.0. The van der Waals surface area contributed by atoms with Gasteiger partial charge in [0.25, 0.3) is 0 Å². The number of hydrogen-bond acceptors (Lipinski definition) is 15. The number of phosphoric ester groups is 2. The summed E-state index contributed by atoms with van der Waals surface area (Å²) in [7, 11) is -10.0. The van der Waals surface area contributed by atoms with Gasteiger partial charge in [-0.25, -0.2) is 9.13 Å². The van der Waals surface area contributed by atoms with E-state index in [1.54, 1.807) is 0 Å². The van der Waals surface area contributed by atoms with Gasteiger partial charge < -0.3 is 33.8 Å². The molecular formula is C89H146O17P2. The van der Waals surface area contributed by atoms with Crippen LogP contribution >= 0.6 is 15.6 Å². The van der Waals surface area contributed by atoms with Gasteiger partial charge in [0.05, 0.1) is 26.4 Å². The topological polar surface area (TPSA) is 237 Å². The summed E-state index contributed by atoms with van der Waals surface area (Å²) in [6.45, 7) is 4.50. The second kappa shape index (κ2) is 79.5. The van der Waals surface area contributed by atoms with Crippen molar-refractivity contribution in [2.24, 2.45) is 0 Å². The Balaban J connectivity index is 5.55. The van der Waals surface area contributed by atoms with Gasteiger partial charge in [-0.3, -0.25) is 37.3 Å². The highest BCUT2D eigenvalue weighted by Crippen LogP contribution is 2.45. The van der Waals surface area contributed by atoms with Gasteiger partial charge in [0, 0.05) is 25.7 Å². The zero-order valence-corrected chi connectivity index (χ0v) is 69.0. The first kappa shape index (κ1) is 102. The molecule has 0 bridgehead atoms. The minimum atomic E-state index is -5.02. The predicted octanol–water partition coefficient (Wildman–Crippen LogP) is 24.6. The molecule has 0 aromatic rings. The Bertz CT molecular complexity index is 2710. The van der Waals surface area contributed by atoms with Crippen molar-refractivity contribution in [3.05, 3.63) is 170 Å². The molecule has 0 aliphatic carbocycles. The first-order valence-electron chi connectivity index (χ1n) is 41.4. The molecule has 0 saturated carbocycles. The normalized spacial score (nSPS) is 14.7. The monoisotopic (exact) mass is 1550 g/mol. The summed E-state index contributed by atoms with van der Waals surface area (Å²) in [5, 5.41) is 10.7. The molecule has 17 nitrogen and oxygen atoms in total. The van der Waals surface area contributed by atoms with Crippen molar-refractivity contribution in [1.29, 1.82) is 0 Å². The van der Waals surface area contributed by atoms with Gasteiger partial charge in [-0.15, -0.1) is 0 Å². The van der Waals surface area contributed by atoms with E-state index in [0.717, 1.165) is 109 Å². The van der Waals surface area contributed by atoms with E-state index in [4.69, 9.17) is 37.0 Å². The van der Waals surface area contributed by atoms with Gasteiger partial charge in [-0.1, -0.05) is 313 Å². The molecular weight excluding hydrogens is 1400 g/mol. The smallest absolute Gasteiger partial charge is 0.462 e. The molecule has 0 radical (unpaired) electrons. The van der Waals surface area contributed by atoms with Crippen LogP contribution in [0.2, 0.25) is 0 Å². The first-order valence-corrected chi connectivity index (χ1v) is 44.4.